The van der Waals surface area contributed by atoms with Gasteiger partial charge >= 0.3 is 0 Å². The first-order valence-electron chi connectivity index (χ1n) is 5.17. The maximum absolute atomic E-state index is 4.41. The predicted molar refractivity (Wildman–Crippen MR) is 65.4 cm³/mol. The lowest BCUT2D eigenvalue weighted by Crippen LogP contribution is -2.15. The summed E-state index contributed by atoms with van der Waals surface area (Å²) in [6, 6.07) is 4.73. The zero-order valence-electron chi connectivity index (χ0n) is 8.31. The molecule has 1 aliphatic rings. The zero-order chi connectivity index (χ0) is 10.1. The maximum atomic E-state index is 4.41. The van der Waals surface area contributed by atoms with Gasteiger partial charge in [0.05, 0.1) is 0 Å². The molecule has 2 heterocycles. The second kappa shape index (κ2) is 3.66. The van der Waals surface area contributed by atoms with Crippen LogP contribution in [-0.2, 0) is 0 Å². The van der Waals surface area contributed by atoms with E-state index in [1.165, 1.54) is 10.1 Å². The Morgan fingerprint density at radius 2 is 2.13 bits per heavy atom. The molecule has 1 N–H and O–H groups in total. The number of hydrogen-bond acceptors (Lipinski definition) is 3. The van der Waals surface area contributed by atoms with Crippen molar-refractivity contribution < 1.29 is 0 Å². The van der Waals surface area contributed by atoms with E-state index in [2.05, 4.69) is 40.0 Å². The Bertz CT molecular complexity index is 493. The number of rotatable bonds is 2. The van der Waals surface area contributed by atoms with Crippen molar-refractivity contribution in [3.63, 3.8) is 0 Å². The molecule has 0 radical (unpaired) electrons. The fraction of sp³-hybridized carbons (Fsp3) is 0.250. The molecule has 76 valence electrons. The molecule has 3 rings (SSSR count). The lowest BCUT2D eigenvalue weighted by atomic mass is 10.2. The minimum Gasteiger partial charge on any atom is -0.366 e. The summed E-state index contributed by atoms with van der Waals surface area (Å²) in [6.07, 6.45) is 8.56. The lowest BCUT2D eigenvalue weighted by molar-refractivity contribution is 0.783. The largest absolute Gasteiger partial charge is 0.366 e. The minimum absolute atomic E-state index is 0.531. The Hall–Kier alpha value is -1.35. The molecule has 3 heteroatoms. The van der Waals surface area contributed by atoms with Crippen molar-refractivity contribution in [2.45, 2.75) is 18.9 Å². The Labute approximate surface area is 92.7 Å². The molecule has 0 fully saturated rings. The van der Waals surface area contributed by atoms with Gasteiger partial charge in [-0.05, 0) is 30.4 Å². The summed E-state index contributed by atoms with van der Waals surface area (Å²) in [7, 11) is 0. The minimum atomic E-state index is 0.531. The molecule has 0 aromatic carbocycles. The SMILES string of the molecule is C1=CCC(Nc2nccc3sccc23)C1. The first kappa shape index (κ1) is 8.92. The number of hydrogen-bond donors (Lipinski definition) is 1. The van der Waals surface area contributed by atoms with Gasteiger partial charge in [-0.15, -0.1) is 11.3 Å². The molecule has 0 amide bonds. The number of aromatic nitrogens is 1. The highest BCUT2D eigenvalue weighted by atomic mass is 32.1. The third-order valence-electron chi connectivity index (χ3n) is 2.73. The monoisotopic (exact) mass is 216 g/mol. The Morgan fingerprint density at radius 1 is 1.27 bits per heavy atom. The second-order valence-electron chi connectivity index (χ2n) is 3.78. The van der Waals surface area contributed by atoms with E-state index < -0.39 is 0 Å². The van der Waals surface area contributed by atoms with Crippen LogP contribution in [0.4, 0.5) is 5.82 Å². The molecule has 0 saturated heterocycles. The predicted octanol–water partition coefficient (Wildman–Crippen LogP) is 3.43. The van der Waals surface area contributed by atoms with Crippen molar-refractivity contribution in [1.82, 2.24) is 4.98 Å². The van der Waals surface area contributed by atoms with Gasteiger partial charge in [0.15, 0.2) is 0 Å². The molecule has 2 aromatic rings. The number of nitrogens with one attached hydrogen (secondary N) is 1. The summed E-state index contributed by atoms with van der Waals surface area (Å²) >= 11 is 1.76. The lowest BCUT2D eigenvalue weighted by Gasteiger charge is -2.13. The Kier molecular flexibility index (Phi) is 2.18. The molecule has 0 saturated carbocycles. The van der Waals surface area contributed by atoms with Gasteiger partial charge in [0.2, 0.25) is 0 Å². The number of thiophene rings is 1. The number of anilines is 1. The molecule has 0 spiro atoms. The standard InChI is InChI=1S/C12H12N2S/c1-2-4-9(3-1)14-12-10-6-8-15-11(10)5-7-13-12/h1-2,5-9H,3-4H2,(H,13,14). The molecule has 0 bridgehead atoms. The van der Waals surface area contributed by atoms with Crippen LogP contribution in [0.5, 0.6) is 0 Å². The highest BCUT2D eigenvalue weighted by Crippen LogP contribution is 2.27. The Balaban J connectivity index is 1.92. The normalized spacial score (nSPS) is 16.3. The van der Waals surface area contributed by atoms with E-state index in [9.17, 15) is 0 Å². The molecule has 0 aliphatic heterocycles. The second-order valence-corrected chi connectivity index (χ2v) is 4.72. The average molecular weight is 216 g/mol. The molecule has 0 unspecified atom stereocenters. The molecular weight excluding hydrogens is 204 g/mol. The first-order chi connectivity index (χ1) is 7.43. The van der Waals surface area contributed by atoms with Crippen LogP contribution >= 0.6 is 11.3 Å². The van der Waals surface area contributed by atoms with E-state index in [0.717, 1.165) is 18.7 Å². The molecule has 15 heavy (non-hydrogen) atoms. The Morgan fingerprint density at radius 3 is 3.00 bits per heavy atom. The van der Waals surface area contributed by atoms with Crippen LogP contribution in [-0.4, -0.2) is 11.0 Å². The third-order valence-corrected chi connectivity index (χ3v) is 3.61. The average Bonchev–Trinajstić information content (AvgIpc) is 2.87. The number of pyridine rings is 1. The fourth-order valence-corrected chi connectivity index (χ4v) is 2.72. The van der Waals surface area contributed by atoms with Gasteiger partial charge in [-0.25, -0.2) is 4.98 Å². The van der Waals surface area contributed by atoms with E-state index >= 15 is 0 Å². The van der Waals surface area contributed by atoms with Crippen molar-refractivity contribution in [3.8, 4) is 0 Å². The maximum Gasteiger partial charge on any atom is 0.134 e. The molecule has 2 nitrogen and oxygen atoms in total. The van der Waals surface area contributed by atoms with Crippen LogP contribution < -0.4 is 5.32 Å². The topological polar surface area (TPSA) is 24.9 Å². The van der Waals surface area contributed by atoms with Crippen molar-refractivity contribution in [2.24, 2.45) is 0 Å². The van der Waals surface area contributed by atoms with Gasteiger partial charge in [-0.3, -0.25) is 0 Å². The molecule has 2 aromatic heterocycles. The van der Waals surface area contributed by atoms with Gasteiger partial charge in [0, 0.05) is 22.3 Å². The van der Waals surface area contributed by atoms with Gasteiger partial charge in [-0.1, -0.05) is 12.2 Å². The summed E-state index contributed by atoms with van der Waals surface area (Å²) < 4.78 is 1.30. The summed E-state index contributed by atoms with van der Waals surface area (Å²) in [5.74, 6) is 1.03. The van der Waals surface area contributed by atoms with Crippen molar-refractivity contribution in [3.05, 3.63) is 35.9 Å². The van der Waals surface area contributed by atoms with E-state index in [4.69, 9.17) is 0 Å². The molecular formula is C12H12N2S. The quantitative estimate of drug-likeness (QED) is 0.778. The van der Waals surface area contributed by atoms with Crippen LogP contribution in [0.2, 0.25) is 0 Å². The zero-order valence-corrected chi connectivity index (χ0v) is 9.13. The van der Waals surface area contributed by atoms with Gasteiger partial charge < -0.3 is 5.32 Å². The van der Waals surface area contributed by atoms with Crippen LogP contribution in [0.15, 0.2) is 35.9 Å². The van der Waals surface area contributed by atoms with Crippen molar-refractivity contribution in [2.75, 3.05) is 5.32 Å². The van der Waals surface area contributed by atoms with Crippen LogP contribution in [0.25, 0.3) is 10.1 Å². The van der Waals surface area contributed by atoms with Crippen LogP contribution in [0.1, 0.15) is 12.8 Å². The molecule has 0 atom stereocenters. The van der Waals surface area contributed by atoms with Gasteiger partial charge in [0.25, 0.3) is 0 Å². The number of fused-ring (bicyclic) bond motifs is 1. The summed E-state index contributed by atoms with van der Waals surface area (Å²) in [5, 5.41) is 6.86. The fourth-order valence-electron chi connectivity index (χ4n) is 1.94. The van der Waals surface area contributed by atoms with E-state index in [-0.39, 0.29) is 0 Å². The van der Waals surface area contributed by atoms with Crippen LogP contribution in [0, 0.1) is 0 Å². The van der Waals surface area contributed by atoms with Gasteiger partial charge in [0.1, 0.15) is 5.82 Å². The van der Waals surface area contributed by atoms with E-state index in [1.807, 2.05) is 6.20 Å². The van der Waals surface area contributed by atoms with Crippen molar-refractivity contribution >= 4 is 27.2 Å². The van der Waals surface area contributed by atoms with Gasteiger partial charge in [-0.2, -0.15) is 0 Å². The summed E-state index contributed by atoms with van der Waals surface area (Å²) in [5.41, 5.74) is 0. The third kappa shape index (κ3) is 1.63. The molecule has 1 aliphatic carbocycles. The van der Waals surface area contributed by atoms with E-state index in [1.54, 1.807) is 11.3 Å². The summed E-state index contributed by atoms with van der Waals surface area (Å²) in [4.78, 5) is 4.41. The van der Waals surface area contributed by atoms with E-state index in [0.29, 0.717) is 6.04 Å². The van der Waals surface area contributed by atoms with Crippen molar-refractivity contribution in [1.29, 1.82) is 0 Å². The summed E-state index contributed by atoms with van der Waals surface area (Å²) in [6.45, 7) is 0. The number of nitrogens with zero attached hydrogens (tertiary/aromatic N) is 1. The van der Waals surface area contributed by atoms with Crippen LogP contribution in [0.3, 0.4) is 0 Å². The highest BCUT2D eigenvalue weighted by Gasteiger charge is 2.12. The smallest absolute Gasteiger partial charge is 0.134 e. The highest BCUT2D eigenvalue weighted by molar-refractivity contribution is 7.17. The first-order valence-corrected chi connectivity index (χ1v) is 6.05.